The number of sulfonamides is 1. The highest BCUT2D eigenvalue weighted by atomic mass is 32.2. The highest BCUT2D eigenvalue weighted by Crippen LogP contribution is 2.39. The highest BCUT2D eigenvalue weighted by Gasteiger charge is 2.39. The molecule has 0 radical (unpaired) electrons. The van der Waals surface area contributed by atoms with Crippen LogP contribution >= 0.6 is 0 Å². The van der Waals surface area contributed by atoms with Gasteiger partial charge in [-0.3, -0.25) is 0 Å². The number of hydrogen-bond donors (Lipinski definition) is 0. The van der Waals surface area contributed by atoms with Crippen molar-refractivity contribution in [2.75, 3.05) is 13.7 Å². The van der Waals surface area contributed by atoms with Crippen molar-refractivity contribution in [1.29, 1.82) is 0 Å². The molecule has 8 nitrogen and oxygen atoms in total. The molecule has 1 aliphatic carbocycles. The molecule has 0 amide bonds. The van der Waals surface area contributed by atoms with Crippen LogP contribution in [0.3, 0.4) is 0 Å². The molecular weight excluding hydrogens is 356 g/mol. The minimum atomic E-state index is -3.88. The number of benzene rings is 1. The Labute approximate surface area is 151 Å². The first-order chi connectivity index (χ1) is 12.4. The van der Waals surface area contributed by atoms with Crippen molar-refractivity contribution in [3.05, 3.63) is 41.5 Å². The Balaban J connectivity index is 1.72. The number of fused-ring (bicyclic) bond motifs is 1. The molecule has 1 aromatic carbocycles. The van der Waals surface area contributed by atoms with Crippen molar-refractivity contribution < 1.29 is 17.9 Å². The first-order valence-corrected chi connectivity index (χ1v) is 10.0. The number of hydrogen-bond acceptors (Lipinski definition) is 6. The standard InChI is InChI=1S/C17H20N4O4S/c1-11-16-18-15(12-7-8-12)19-20(16)9-10-21(11)26(23,24)14-6-4-3-5-13(14)17(22)25-2/h3-6,11-12H,7-10H2,1-2H3/t11-/m1/s1. The van der Waals surface area contributed by atoms with Gasteiger partial charge in [0.05, 0.1) is 30.2 Å². The number of rotatable bonds is 4. The number of carbonyl (C=O) groups excluding carboxylic acids is 1. The third-order valence-electron chi connectivity index (χ3n) is 4.88. The summed E-state index contributed by atoms with van der Waals surface area (Å²) in [6, 6.07) is 5.65. The minimum Gasteiger partial charge on any atom is -0.465 e. The lowest BCUT2D eigenvalue weighted by molar-refractivity contribution is 0.0596. The van der Waals surface area contributed by atoms with Gasteiger partial charge in [-0.25, -0.2) is 22.9 Å². The third kappa shape index (κ3) is 2.71. The molecule has 1 atom stereocenters. The van der Waals surface area contributed by atoms with E-state index in [0.717, 1.165) is 18.7 Å². The van der Waals surface area contributed by atoms with Crippen LogP contribution < -0.4 is 0 Å². The van der Waals surface area contributed by atoms with Gasteiger partial charge in [0, 0.05) is 12.5 Å². The molecule has 2 aromatic rings. The maximum absolute atomic E-state index is 13.3. The van der Waals surface area contributed by atoms with E-state index in [1.807, 2.05) is 0 Å². The van der Waals surface area contributed by atoms with Crippen molar-refractivity contribution in [2.45, 2.75) is 43.2 Å². The van der Waals surface area contributed by atoms with Crippen molar-refractivity contribution in [3.8, 4) is 0 Å². The predicted molar refractivity (Wildman–Crippen MR) is 92.1 cm³/mol. The third-order valence-corrected chi connectivity index (χ3v) is 6.90. The van der Waals surface area contributed by atoms with Gasteiger partial charge in [0.15, 0.2) is 5.82 Å². The molecule has 0 bridgehead atoms. The number of esters is 1. The Morgan fingerprint density at radius 2 is 1.96 bits per heavy atom. The number of methoxy groups -OCH3 is 1. The first-order valence-electron chi connectivity index (χ1n) is 8.57. The lowest BCUT2D eigenvalue weighted by Crippen LogP contribution is -2.41. The Bertz CT molecular complexity index is 965. The van der Waals surface area contributed by atoms with Crippen molar-refractivity contribution in [1.82, 2.24) is 19.1 Å². The van der Waals surface area contributed by atoms with Crippen LogP contribution in [0.4, 0.5) is 0 Å². The minimum absolute atomic E-state index is 0.0351. The van der Waals surface area contributed by atoms with E-state index in [2.05, 4.69) is 10.1 Å². The Morgan fingerprint density at radius 1 is 1.23 bits per heavy atom. The van der Waals surface area contributed by atoms with E-state index in [9.17, 15) is 13.2 Å². The quantitative estimate of drug-likeness (QED) is 0.754. The van der Waals surface area contributed by atoms with E-state index in [-0.39, 0.29) is 17.0 Å². The fourth-order valence-electron chi connectivity index (χ4n) is 3.30. The maximum Gasteiger partial charge on any atom is 0.339 e. The fourth-order valence-corrected chi connectivity index (χ4v) is 5.07. The van der Waals surface area contributed by atoms with Gasteiger partial charge in [-0.05, 0) is 31.9 Å². The van der Waals surface area contributed by atoms with Crippen LogP contribution in [0.15, 0.2) is 29.2 Å². The lowest BCUT2D eigenvalue weighted by atomic mass is 10.2. The molecule has 1 aromatic heterocycles. The number of nitrogens with zero attached hydrogens (tertiary/aromatic N) is 4. The van der Waals surface area contributed by atoms with Crippen molar-refractivity contribution in [2.24, 2.45) is 0 Å². The van der Waals surface area contributed by atoms with Crippen molar-refractivity contribution in [3.63, 3.8) is 0 Å². The topological polar surface area (TPSA) is 94.4 Å². The molecule has 9 heteroatoms. The fraction of sp³-hybridized carbons (Fsp3) is 0.471. The van der Waals surface area contributed by atoms with Gasteiger partial charge >= 0.3 is 5.97 Å². The smallest absolute Gasteiger partial charge is 0.339 e. The molecule has 0 spiro atoms. The predicted octanol–water partition coefficient (Wildman–Crippen LogP) is 1.71. The van der Waals surface area contributed by atoms with Crippen LogP contribution in [-0.2, 0) is 21.3 Å². The number of aromatic nitrogens is 3. The Morgan fingerprint density at radius 3 is 2.65 bits per heavy atom. The molecule has 26 heavy (non-hydrogen) atoms. The second-order valence-corrected chi connectivity index (χ2v) is 8.46. The zero-order chi connectivity index (χ0) is 18.5. The van der Waals surface area contributed by atoms with E-state index >= 15 is 0 Å². The summed E-state index contributed by atoms with van der Waals surface area (Å²) in [5.74, 6) is 1.19. The molecule has 0 saturated heterocycles. The van der Waals surface area contributed by atoms with Crippen LogP contribution in [0.5, 0.6) is 0 Å². The molecule has 4 rings (SSSR count). The maximum atomic E-state index is 13.3. The summed E-state index contributed by atoms with van der Waals surface area (Å²) in [4.78, 5) is 16.5. The Hall–Kier alpha value is -2.26. The van der Waals surface area contributed by atoms with Gasteiger partial charge in [-0.15, -0.1) is 0 Å². The van der Waals surface area contributed by atoms with Gasteiger partial charge in [0.25, 0.3) is 0 Å². The monoisotopic (exact) mass is 376 g/mol. The van der Waals surface area contributed by atoms with Gasteiger partial charge in [-0.1, -0.05) is 12.1 Å². The summed E-state index contributed by atoms with van der Waals surface area (Å²) >= 11 is 0. The van der Waals surface area contributed by atoms with Crippen LogP contribution in [0.25, 0.3) is 0 Å². The van der Waals surface area contributed by atoms with E-state index in [1.54, 1.807) is 23.7 Å². The lowest BCUT2D eigenvalue weighted by Gasteiger charge is -2.32. The van der Waals surface area contributed by atoms with Gasteiger partial charge in [0.2, 0.25) is 10.0 Å². The number of carbonyl (C=O) groups is 1. The second kappa shape index (κ2) is 6.17. The van der Waals surface area contributed by atoms with Crippen LogP contribution in [0.1, 0.15) is 53.7 Å². The van der Waals surface area contributed by atoms with E-state index < -0.39 is 22.0 Å². The first kappa shape index (κ1) is 17.2. The van der Waals surface area contributed by atoms with Crippen LogP contribution in [-0.4, -0.2) is 47.1 Å². The van der Waals surface area contributed by atoms with Crippen LogP contribution in [0, 0.1) is 0 Å². The summed E-state index contributed by atoms with van der Waals surface area (Å²) in [6.45, 7) is 2.52. The Kier molecular flexibility index (Phi) is 4.07. The van der Waals surface area contributed by atoms with E-state index in [1.165, 1.54) is 23.5 Å². The SMILES string of the molecule is COC(=O)c1ccccc1S(=O)(=O)N1CCn2nc(C3CC3)nc2[C@H]1C. The molecule has 1 saturated carbocycles. The molecule has 0 unspecified atom stereocenters. The summed E-state index contributed by atoms with van der Waals surface area (Å²) in [6.07, 6.45) is 2.18. The highest BCUT2D eigenvalue weighted by molar-refractivity contribution is 7.89. The molecule has 0 N–H and O–H groups in total. The zero-order valence-electron chi connectivity index (χ0n) is 14.6. The number of ether oxygens (including phenoxy) is 1. The molecule has 2 heterocycles. The zero-order valence-corrected chi connectivity index (χ0v) is 15.4. The van der Waals surface area contributed by atoms with E-state index in [4.69, 9.17) is 4.74 Å². The van der Waals surface area contributed by atoms with Gasteiger partial charge in [-0.2, -0.15) is 9.40 Å². The molecule has 2 aliphatic rings. The summed E-state index contributed by atoms with van der Waals surface area (Å²) < 4.78 is 34.4. The van der Waals surface area contributed by atoms with Gasteiger partial charge < -0.3 is 4.74 Å². The van der Waals surface area contributed by atoms with E-state index in [0.29, 0.717) is 18.3 Å². The van der Waals surface area contributed by atoms with Gasteiger partial charge in [0.1, 0.15) is 5.82 Å². The largest absolute Gasteiger partial charge is 0.465 e. The summed E-state index contributed by atoms with van der Waals surface area (Å²) in [5.41, 5.74) is 0.0351. The second-order valence-electron chi connectivity index (χ2n) is 6.61. The molecule has 1 aliphatic heterocycles. The molecule has 138 valence electrons. The average molecular weight is 376 g/mol. The summed E-state index contributed by atoms with van der Waals surface area (Å²) in [5, 5.41) is 4.52. The van der Waals surface area contributed by atoms with Crippen LogP contribution in [0.2, 0.25) is 0 Å². The summed E-state index contributed by atoms with van der Waals surface area (Å²) in [7, 11) is -2.65. The molecule has 1 fully saturated rings. The normalized spacial score (nSPS) is 20.6. The van der Waals surface area contributed by atoms with Crippen molar-refractivity contribution >= 4 is 16.0 Å². The average Bonchev–Trinajstić information content (AvgIpc) is 3.40. The molecular formula is C17H20N4O4S.